The maximum atomic E-state index is 12.0. The fourth-order valence-corrected chi connectivity index (χ4v) is 1.78. The lowest BCUT2D eigenvalue weighted by molar-refractivity contribution is -0.121. The van der Waals surface area contributed by atoms with E-state index in [1.54, 1.807) is 18.2 Å². The fourth-order valence-electron chi connectivity index (χ4n) is 1.78. The van der Waals surface area contributed by atoms with Gasteiger partial charge in [-0.15, -0.1) is 0 Å². The van der Waals surface area contributed by atoms with Crippen molar-refractivity contribution >= 4 is 11.7 Å². The number of hydrogen-bond donors (Lipinski definition) is 2. The quantitative estimate of drug-likeness (QED) is 0.768. The van der Waals surface area contributed by atoms with Crippen LogP contribution in [0.15, 0.2) is 18.2 Å². The van der Waals surface area contributed by atoms with Gasteiger partial charge in [-0.05, 0) is 39.0 Å². The molecule has 0 spiro atoms. The first-order valence-electron chi connectivity index (χ1n) is 6.48. The van der Waals surface area contributed by atoms with Crippen LogP contribution >= 0.6 is 0 Å². The van der Waals surface area contributed by atoms with Crippen molar-refractivity contribution in [2.75, 3.05) is 13.7 Å². The van der Waals surface area contributed by atoms with E-state index in [0.29, 0.717) is 23.4 Å². The van der Waals surface area contributed by atoms with Crippen molar-refractivity contribution in [1.29, 1.82) is 0 Å². The minimum absolute atomic E-state index is 0.0448. The Morgan fingerprint density at radius 1 is 1.35 bits per heavy atom. The number of carbonyl (C=O) groups is 2. The first kappa shape index (κ1) is 16.2. The standard InChI is InChI=1S/C15H22N2O3/c1-10(18)11-5-6-13(20-4)12(7-11)8-14(19)17-15(2,3)9-16/h5-7H,8-9,16H2,1-4H3,(H,17,19). The molecule has 0 aliphatic heterocycles. The molecule has 0 unspecified atom stereocenters. The Morgan fingerprint density at radius 2 is 2.00 bits per heavy atom. The van der Waals surface area contributed by atoms with Crippen LogP contribution in [0.3, 0.4) is 0 Å². The van der Waals surface area contributed by atoms with E-state index in [9.17, 15) is 9.59 Å². The van der Waals surface area contributed by atoms with Crippen molar-refractivity contribution in [3.8, 4) is 5.75 Å². The van der Waals surface area contributed by atoms with Gasteiger partial charge in [0.2, 0.25) is 5.91 Å². The molecule has 0 aromatic heterocycles. The van der Waals surface area contributed by atoms with Crippen LogP contribution in [0.25, 0.3) is 0 Å². The number of rotatable bonds is 6. The number of ketones is 1. The highest BCUT2D eigenvalue weighted by Gasteiger charge is 2.19. The molecule has 1 aromatic carbocycles. The molecule has 0 bridgehead atoms. The molecular formula is C15H22N2O3. The molecule has 5 nitrogen and oxygen atoms in total. The highest BCUT2D eigenvalue weighted by Crippen LogP contribution is 2.21. The predicted octanol–water partition coefficient (Wildman–Crippen LogP) is 1.29. The van der Waals surface area contributed by atoms with E-state index in [0.717, 1.165) is 0 Å². The number of nitrogens with one attached hydrogen (secondary N) is 1. The molecule has 0 saturated carbocycles. The van der Waals surface area contributed by atoms with Gasteiger partial charge in [-0.3, -0.25) is 9.59 Å². The Kier molecular flexibility index (Phi) is 5.27. The number of benzene rings is 1. The second-order valence-corrected chi connectivity index (χ2v) is 5.40. The summed E-state index contributed by atoms with van der Waals surface area (Å²) in [5, 5.41) is 2.85. The molecule has 1 rings (SSSR count). The summed E-state index contributed by atoms with van der Waals surface area (Å²) in [7, 11) is 1.54. The van der Waals surface area contributed by atoms with Gasteiger partial charge in [-0.25, -0.2) is 0 Å². The van der Waals surface area contributed by atoms with E-state index in [4.69, 9.17) is 10.5 Å². The molecule has 0 saturated heterocycles. The largest absolute Gasteiger partial charge is 0.496 e. The summed E-state index contributed by atoms with van der Waals surface area (Å²) in [6, 6.07) is 5.08. The molecule has 0 fully saturated rings. The molecule has 0 aliphatic rings. The van der Waals surface area contributed by atoms with Crippen LogP contribution in [0.1, 0.15) is 36.7 Å². The van der Waals surface area contributed by atoms with E-state index in [-0.39, 0.29) is 18.1 Å². The van der Waals surface area contributed by atoms with Gasteiger partial charge in [-0.2, -0.15) is 0 Å². The van der Waals surface area contributed by atoms with Crippen molar-refractivity contribution < 1.29 is 14.3 Å². The fraction of sp³-hybridized carbons (Fsp3) is 0.467. The summed E-state index contributed by atoms with van der Waals surface area (Å²) in [4.78, 5) is 23.4. The third-order valence-corrected chi connectivity index (χ3v) is 3.03. The van der Waals surface area contributed by atoms with Crippen LogP contribution in [0.5, 0.6) is 5.75 Å². The predicted molar refractivity (Wildman–Crippen MR) is 78.0 cm³/mol. The summed E-state index contributed by atoms with van der Waals surface area (Å²) in [5.41, 5.74) is 6.38. The summed E-state index contributed by atoms with van der Waals surface area (Å²) in [5.74, 6) is 0.395. The zero-order chi connectivity index (χ0) is 15.3. The van der Waals surface area contributed by atoms with Gasteiger partial charge < -0.3 is 15.8 Å². The third-order valence-electron chi connectivity index (χ3n) is 3.03. The van der Waals surface area contributed by atoms with Gasteiger partial charge in [0.1, 0.15) is 5.75 Å². The normalized spacial score (nSPS) is 11.1. The lowest BCUT2D eigenvalue weighted by Crippen LogP contribution is -2.49. The van der Waals surface area contributed by atoms with Crippen LogP contribution in [0.2, 0.25) is 0 Å². The maximum absolute atomic E-state index is 12.0. The lowest BCUT2D eigenvalue weighted by Gasteiger charge is -2.24. The Morgan fingerprint density at radius 3 is 2.50 bits per heavy atom. The minimum Gasteiger partial charge on any atom is -0.496 e. The van der Waals surface area contributed by atoms with E-state index >= 15 is 0 Å². The van der Waals surface area contributed by atoms with Gasteiger partial charge in [0.15, 0.2) is 5.78 Å². The molecule has 110 valence electrons. The highest BCUT2D eigenvalue weighted by molar-refractivity contribution is 5.94. The Hall–Kier alpha value is -1.88. The Labute approximate surface area is 119 Å². The molecule has 1 amide bonds. The van der Waals surface area contributed by atoms with Crippen molar-refractivity contribution in [3.63, 3.8) is 0 Å². The molecule has 0 atom stereocenters. The summed E-state index contributed by atoms with van der Waals surface area (Å²) in [6.45, 7) is 5.55. The Balaban J connectivity index is 2.92. The summed E-state index contributed by atoms with van der Waals surface area (Å²) >= 11 is 0. The van der Waals surface area contributed by atoms with Crippen LogP contribution in [-0.4, -0.2) is 30.9 Å². The number of carbonyl (C=O) groups excluding carboxylic acids is 2. The lowest BCUT2D eigenvalue weighted by atomic mass is 10.0. The van der Waals surface area contributed by atoms with Gasteiger partial charge >= 0.3 is 0 Å². The number of Topliss-reactive ketones (excluding diaryl/α,β-unsaturated/α-hetero) is 1. The second kappa shape index (κ2) is 6.52. The van der Waals surface area contributed by atoms with Gasteiger partial charge in [-0.1, -0.05) is 0 Å². The van der Waals surface area contributed by atoms with E-state index in [1.165, 1.54) is 14.0 Å². The second-order valence-electron chi connectivity index (χ2n) is 5.40. The van der Waals surface area contributed by atoms with Crippen LogP contribution in [0.4, 0.5) is 0 Å². The minimum atomic E-state index is -0.456. The molecule has 5 heteroatoms. The molecular weight excluding hydrogens is 256 g/mol. The number of nitrogens with two attached hydrogens (primary N) is 1. The van der Waals surface area contributed by atoms with Crippen molar-refractivity contribution in [2.45, 2.75) is 32.7 Å². The zero-order valence-electron chi connectivity index (χ0n) is 12.4. The van der Waals surface area contributed by atoms with E-state index < -0.39 is 5.54 Å². The smallest absolute Gasteiger partial charge is 0.225 e. The van der Waals surface area contributed by atoms with Crippen LogP contribution in [0, 0.1) is 0 Å². The monoisotopic (exact) mass is 278 g/mol. The van der Waals surface area contributed by atoms with Crippen LogP contribution in [-0.2, 0) is 11.2 Å². The van der Waals surface area contributed by atoms with E-state index in [2.05, 4.69) is 5.32 Å². The number of hydrogen-bond acceptors (Lipinski definition) is 4. The average molecular weight is 278 g/mol. The van der Waals surface area contributed by atoms with Gasteiger partial charge in [0.05, 0.1) is 13.5 Å². The molecule has 0 radical (unpaired) electrons. The SMILES string of the molecule is COc1ccc(C(C)=O)cc1CC(=O)NC(C)(C)CN. The molecule has 1 aromatic rings. The van der Waals surface area contributed by atoms with Crippen molar-refractivity contribution in [1.82, 2.24) is 5.32 Å². The van der Waals surface area contributed by atoms with Crippen molar-refractivity contribution in [3.05, 3.63) is 29.3 Å². The molecule has 0 heterocycles. The van der Waals surface area contributed by atoms with Crippen molar-refractivity contribution in [2.24, 2.45) is 5.73 Å². The van der Waals surface area contributed by atoms with E-state index in [1.807, 2.05) is 13.8 Å². The third kappa shape index (κ3) is 4.35. The average Bonchev–Trinajstić information content (AvgIpc) is 2.37. The number of amides is 1. The number of methoxy groups -OCH3 is 1. The summed E-state index contributed by atoms with van der Waals surface area (Å²) in [6.07, 6.45) is 0.147. The Bertz CT molecular complexity index is 510. The van der Waals surface area contributed by atoms with Crippen LogP contribution < -0.4 is 15.8 Å². The topological polar surface area (TPSA) is 81.4 Å². The zero-order valence-corrected chi connectivity index (χ0v) is 12.4. The first-order chi connectivity index (χ1) is 9.29. The van der Waals surface area contributed by atoms with Gasteiger partial charge in [0, 0.05) is 23.2 Å². The number of ether oxygens (including phenoxy) is 1. The first-order valence-corrected chi connectivity index (χ1v) is 6.48. The molecule has 0 aliphatic carbocycles. The van der Waals surface area contributed by atoms with Gasteiger partial charge in [0.25, 0.3) is 0 Å². The molecule has 20 heavy (non-hydrogen) atoms. The summed E-state index contributed by atoms with van der Waals surface area (Å²) < 4.78 is 5.22. The molecule has 3 N–H and O–H groups in total. The maximum Gasteiger partial charge on any atom is 0.225 e. The highest BCUT2D eigenvalue weighted by atomic mass is 16.5.